The second-order valence-corrected chi connectivity index (χ2v) is 4.92. The maximum absolute atomic E-state index is 12.4. The second kappa shape index (κ2) is 5.87. The number of aliphatic carboxylic acids is 1. The number of carboxylic acids is 1. The van der Waals surface area contributed by atoms with E-state index in [-0.39, 0.29) is 11.8 Å². The minimum absolute atomic E-state index is 0.0290. The molecule has 1 saturated heterocycles. The summed E-state index contributed by atoms with van der Waals surface area (Å²) in [6.07, 6.45) is 1.93. The number of hydrogen-bond donors (Lipinski definition) is 1. The lowest BCUT2D eigenvalue weighted by atomic mass is 9.96. The van der Waals surface area contributed by atoms with E-state index in [4.69, 9.17) is 5.11 Å². The molecular weight excluding hydrogens is 242 g/mol. The summed E-state index contributed by atoms with van der Waals surface area (Å²) in [7, 11) is 0. The van der Waals surface area contributed by atoms with Gasteiger partial charge >= 0.3 is 5.97 Å². The first-order valence-corrected chi connectivity index (χ1v) is 6.73. The fraction of sp³-hybridized carbons (Fsp3) is 0.467. The van der Waals surface area contributed by atoms with Gasteiger partial charge in [0.05, 0.1) is 5.92 Å². The second-order valence-electron chi connectivity index (χ2n) is 4.92. The van der Waals surface area contributed by atoms with Crippen LogP contribution in [0.4, 0.5) is 0 Å². The number of piperidine rings is 1. The zero-order chi connectivity index (χ0) is 13.8. The molecule has 1 aliphatic rings. The van der Waals surface area contributed by atoms with Gasteiger partial charge in [0.25, 0.3) is 5.91 Å². The molecule has 2 rings (SSSR count). The number of amides is 1. The van der Waals surface area contributed by atoms with Crippen molar-refractivity contribution in [3.63, 3.8) is 0 Å². The number of likely N-dealkylation sites (tertiary alicyclic amines) is 1. The minimum atomic E-state index is -0.749. The molecule has 0 aliphatic carbocycles. The van der Waals surface area contributed by atoms with Crippen LogP contribution in [0.15, 0.2) is 24.3 Å². The number of carbonyl (C=O) groups is 2. The van der Waals surface area contributed by atoms with Gasteiger partial charge in [0, 0.05) is 18.7 Å². The van der Waals surface area contributed by atoms with Crippen LogP contribution in [0.5, 0.6) is 0 Å². The third-order valence-electron chi connectivity index (χ3n) is 3.76. The minimum Gasteiger partial charge on any atom is -0.481 e. The standard InChI is InChI=1S/C15H19NO3/c1-2-11-5-3-4-6-13(11)14(17)16-9-7-12(8-10-16)15(18)19/h3-6,12H,2,7-10H2,1H3,(H,18,19). The van der Waals surface area contributed by atoms with Crippen LogP contribution in [0.2, 0.25) is 0 Å². The van der Waals surface area contributed by atoms with Crippen LogP contribution in [0.1, 0.15) is 35.7 Å². The van der Waals surface area contributed by atoms with E-state index < -0.39 is 5.97 Å². The molecule has 1 aromatic carbocycles. The molecule has 0 saturated carbocycles. The topological polar surface area (TPSA) is 57.6 Å². The maximum Gasteiger partial charge on any atom is 0.306 e. The van der Waals surface area contributed by atoms with Crippen molar-refractivity contribution >= 4 is 11.9 Å². The van der Waals surface area contributed by atoms with Crippen molar-refractivity contribution in [1.82, 2.24) is 4.90 Å². The van der Waals surface area contributed by atoms with Crippen molar-refractivity contribution < 1.29 is 14.7 Å². The van der Waals surface area contributed by atoms with Crippen molar-refractivity contribution in [2.45, 2.75) is 26.2 Å². The van der Waals surface area contributed by atoms with Gasteiger partial charge in [-0.25, -0.2) is 0 Å². The Kier molecular flexibility index (Phi) is 4.20. The number of benzene rings is 1. The Morgan fingerprint density at radius 2 is 1.89 bits per heavy atom. The van der Waals surface area contributed by atoms with Crippen LogP contribution in [0.25, 0.3) is 0 Å². The summed E-state index contributed by atoms with van der Waals surface area (Å²) in [6.45, 7) is 3.10. The molecule has 1 fully saturated rings. The fourth-order valence-electron chi connectivity index (χ4n) is 2.54. The molecule has 1 heterocycles. The predicted octanol–water partition coefficient (Wildman–Crippen LogP) is 2.19. The zero-order valence-electron chi connectivity index (χ0n) is 11.1. The van der Waals surface area contributed by atoms with Crippen molar-refractivity contribution in [2.24, 2.45) is 5.92 Å². The Labute approximate surface area is 113 Å². The third-order valence-corrected chi connectivity index (χ3v) is 3.76. The number of carbonyl (C=O) groups excluding carboxylic acids is 1. The molecule has 0 aromatic heterocycles. The summed E-state index contributed by atoms with van der Waals surface area (Å²) in [5.41, 5.74) is 1.80. The molecule has 19 heavy (non-hydrogen) atoms. The molecule has 0 unspecified atom stereocenters. The lowest BCUT2D eigenvalue weighted by Crippen LogP contribution is -2.40. The van der Waals surface area contributed by atoms with E-state index >= 15 is 0 Å². The van der Waals surface area contributed by atoms with E-state index in [1.807, 2.05) is 31.2 Å². The van der Waals surface area contributed by atoms with Gasteiger partial charge in [0.2, 0.25) is 0 Å². The average Bonchev–Trinajstić information content (AvgIpc) is 2.46. The molecule has 1 N–H and O–H groups in total. The van der Waals surface area contributed by atoms with E-state index in [9.17, 15) is 9.59 Å². The monoisotopic (exact) mass is 261 g/mol. The number of carboxylic acid groups (broad SMARTS) is 1. The Bertz CT molecular complexity index is 476. The Balaban J connectivity index is 2.07. The molecular formula is C15H19NO3. The lowest BCUT2D eigenvalue weighted by Gasteiger charge is -2.30. The van der Waals surface area contributed by atoms with Crippen molar-refractivity contribution in [1.29, 1.82) is 0 Å². The first-order chi connectivity index (χ1) is 9.13. The summed E-state index contributed by atoms with van der Waals surface area (Å²) >= 11 is 0. The van der Waals surface area contributed by atoms with Gasteiger partial charge in [-0.2, -0.15) is 0 Å². The van der Waals surface area contributed by atoms with Gasteiger partial charge in [-0.05, 0) is 30.9 Å². The molecule has 4 nitrogen and oxygen atoms in total. The van der Waals surface area contributed by atoms with Crippen LogP contribution in [0, 0.1) is 5.92 Å². The van der Waals surface area contributed by atoms with Crippen molar-refractivity contribution in [2.75, 3.05) is 13.1 Å². The summed E-state index contributed by atoms with van der Waals surface area (Å²) in [4.78, 5) is 25.1. The van der Waals surface area contributed by atoms with E-state index in [0.29, 0.717) is 25.9 Å². The summed E-state index contributed by atoms with van der Waals surface area (Å²) in [5, 5.41) is 8.96. The van der Waals surface area contributed by atoms with Gasteiger partial charge in [-0.3, -0.25) is 9.59 Å². The molecule has 102 valence electrons. The highest BCUT2D eigenvalue weighted by molar-refractivity contribution is 5.95. The molecule has 0 spiro atoms. The van der Waals surface area contributed by atoms with Gasteiger partial charge in [0.15, 0.2) is 0 Å². The summed E-state index contributed by atoms with van der Waals surface area (Å²) in [5.74, 6) is -1.02. The highest BCUT2D eigenvalue weighted by atomic mass is 16.4. The largest absolute Gasteiger partial charge is 0.481 e. The van der Waals surface area contributed by atoms with Gasteiger partial charge < -0.3 is 10.0 Å². The van der Waals surface area contributed by atoms with Gasteiger partial charge in [0.1, 0.15) is 0 Å². The number of hydrogen-bond acceptors (Lipinski definition) is 2. The molecule has 0 bridgehead atoms. The summed E-state index contributed by atoms with van der Waals surface area (Å²) in [6, 6.07) is 7.63. The normalized spacial score (nSPS) is 16.4. The first-order valence-electron chi connectivity index (χ1n) is 6.73. The SMILES string of the molecule is CCc1ccccc1C(=O)N1CCC(C(=O)O)CC1. The zero-order valence-corrected chi connectivity index (χ0v) is 11.1. The Morgan fingerprint density at radius 1 is 1.26 bits per heavy atom. The van der Waals surface area contributed by atoms with Crippen LogP contribution in [-0.2, 0) is 11.2 Å². The van der Waals surface area contributed by atoms with E-state index in [1.165, 1.54) is 0 Å². The Hall–Kier alpha value is -1.84. The first kappa shape index (κ1) is 13.6. The molecule has 0 radical (unpaired) electrons. The predicted molar refractivity (Wildman–Crippen MR) is 72.1 cm³/mol. The number of nitrogens with zero attached hydrogens (tertiary/aromatic N) is 1. The van der Waals surface area contributed by atoms with Crippen LogP contribution in [0.3, 0.4) is 0 Å². The van der Waals surface area contributed by atoms with E-state index in [0.717, 1.165) is 17.5 Å². The number of aryl methyl sites for hydroxylation is 1. The van der Waals surface area contributed by atoms with E-state index in [2.05, 4.69) is 0 Å². The number of rotatable bonds is 3. The average molecular weight is 261 g/mol. The Morgan fingerprint density at radius 3 is 2.47 bits per heavy atom. The fourth-order valence-corrected chi connectivity index (χ4v) is 2.54. The molecule has 4 heteroatoms. The van der Waals surface area contributed by atoms with Crippen molar-refractivity contribution in [3.05, 3.63) is 35.4 Å². The molecule has 1 amide bonds. The molecule has 1 aliphatic heterocycles. The highest BCUT2D eigenvalue weighted by Crippen LogP contribution is 2.20. The van der Waals surface area contributed by atoms with Crippen molar-refractivity contribution in [3.8, 4) is 0 Å². The van der Waals surface area contributed by atoms with Crippen LogP contribution < -0.4 is 0 Å². The van der Waals surface area contributed by atoms with Crippen LogP contribution in [-0.4, -0.2) is 35.0 Å². The highest BCUT2D eigenvalue weighted by Gasteiger charge is 2.27. The quantitative estimate of drug-likeness (QED) is 0.907. The summed E-state index contributed by atoms with van der Waals surface area (Å²) < 4.78 is 0. The van der Waals surface area contributed by atoms with Gasteiger partial charge in [-0.15, -0.1) is 0 Å². The molecule has 0 atom stereocenters. The van der Waals surface area contributed by atoms with Gasteiger partial charge in [-0.1, -0.05) is 25.1 Å². The van der Waals surface area contributed by atoms with Crippen LogP contribution >= 0.6 is 0 Å². The smallest absolute Gasteiger partial charge is 0.306 e. The maximum atomic E-state index is 12.4. The third kappa shape index (κ3) is 2.95. The van der Waals surface area contributed by atoms with E-state index in [1.54, 1.807) is 4.90 Å². The molecule has 1 aromatic rings. The lowest BCUT2D eigenvalue weighted by molar-refractivity contribution is -0.143.